The van der Waals surface area contributed by atoms with E-state index in [0.717, 1.165) is 6.42 Å². The van der Waals surface area contributed by atoms with Crippen molar-refractivity contribution in [2.75, 3.05) is 24.3 Å². The molecule has 0 saturated heterocycles. The minimum absolute atomic E-state index is 0.0388. The van der Waals surface area contributed by atoms with Crippen molar-refractivity contribution in [3.05, 3.63) is 82.4 Å². The molecule has 3 aromatic rings. The van der Waals surface area contributed by atoms with Crippen LogP contribution < -0.4 is 26.8 Å². The van der Waals surface area contributed by atoms with Crippen LogP contribution in [0.1, 0.15) is 29.6 Å². The van der Waals surface area contributed by atoms with Crippen LogP contribution in [-0.2, 0) is 4.79 Å². The summed E-state index contributed by atoms with van der Waals surface area (Å²) < 4.78 is 5.34. The van der Waals surface area contributed by atoms with Crippen LogP contribution in [0.25, 0.3) is 0 Å². The molecule has 0 aliphatic heterocycles. The zero-order chi connectivity index (χ0) is 26.8. The highest BCUT2D eigenvalue weighted by Crippen LogP contribution is 2.36. The summed E-state index contributed by atoms with van der Waals surface area (Å²) >= 11 is 1.24. The SMILES string of the molecule is COc1ccccc1NC(=O)c1c(NC(=O)C(N)CCCCN)cccc1Sc1ccc([N+](=O)[O-])cc1. The molecular formula is C26H29N5O5S. The van der Waals surface area contributed by atoms with Gasteiger partial charge < -0.3 is 26.8 Å². The largest absolute Gasteiger partial charge is 0.495 e. The van der Waals surface area contributed by atoms with Gasteiger partial charge in [-0.15, -0.1) is 0 Å². The van der Waals surface area contributed by atoms with Gasteiger partial charge in [0.1, 0.15) is 5.75 Å². The van der Waals surface area contributed by atoms with Gasteiger partial charge in [-0.1, -0.05) is 36.4 Å². The van der Waals surface area contributed by atoms with Gasteiger partial charge >= 0.3 is 0 Å². The lowest BCUT2D eigenvalue weighted by Gasteiger charge is -2.18. The Bertz CT molecular complexity index is 1250. The zero-order valence-electron chi connectivity index (χ0n) is 20.3. The Kier molecular flexibility index (Phi) is 10.0. The molecule has 0 aliphatic rings. The topological polar surface area (TPSA) is 163 Å². The van der Waals surface area contributed by atoms with Crippen LogP contribution in [0.4, 0.5) is 17.1 Å². The summed E-state index contributed by atoms with van der Waals surface area (Å²) in [4.78, 5) is 38.1. The lowest BCUT2D eigenvalue weighted by atomic mass is 10.1. The smallest absolute Gasteiger partial charge is 0.269 e. The van der Waals surface area contributed by atoms with Crippen molar-refractivity contribution in [2.24, 2.45) is 11.5 Å². The first-order chi connectivity index (χ1) is 17.8. The van der Waals surface area contributed by atoms with Crippen LogP contribution in [0.15, 0.2) is 76.5 Å². The number of anilines is 2. The molecule has 0 fully saturated rings. The monoisotopic (exact) mass is 523 g/mol. The minimum atomic E-state index is -0.761. The van der Waals surface area contributed by atoms with Gasteiger partial charge in [0.15, 0.2) is 0 Å². The molecule has 0 bridgehead atoms. The summed E-state index contributed by atoms with van der Waals surface area (Å²) in [7, 11) is 1.50. The molecule has 11 heteroatoms. The molecule has 0 spiro atoms. The van der Waals surface area contributed by atoms with E-state index in [1.54, 1.807) is 54.6 Å². The predicted octanol–water partition coefficient (Wildman–Crippen LogP) is 4.40. The van der Waals surface area contributed by atoms with Gasteiger partial charge in [-0.25, -0.2) is 0 Å². The number of ether oxygens (including phenoxy) is 1. The number of nitrogens with two attached hydrogens (primary N) is 2. The van der Waals surface area contributed by atoms with Gasteiger partial charge in [0, 0.05) is 21.9 Å². The highest BCUT2D eigenvalue weighted by molar-refractivity contribution is 7.99. The lowest BCUT2D eigenvalue weighted by molar-refractivity contribution is -0.384. The number of para-hydroxylation sites is 2. The van der Waals surface area contributed by atoms with E-state index in [4.69, 9.17) is 16.2 Å². The van der Waals surface area contributed by atoms with Crippen molar-refractivity contribution < 1.29 is 19.2 Å². The second-order valence-corrected chi connectivity index (χ2v) is 9.18. The first-order valence-corrected chi connectivity index (χ1v) is 12.4. The fraction of sp³-hybridized carbons (Fsp3) is 0.231. The summed E-state index contributed by atoms with van der Waals surface area (Å²) in [5.74, 6) is -0.411. The number of carbonyl (C=O) groups is 2. The van der Waals surface area contributed by atoms with Crippen molar-refractivity contribution in [3.63, 3.8) is 0 Å². The van der Waals surface area contributed by atoms with Gasteiger partial charge in [0.05, 0.1) is 35.0 Å². The third-order valence-electron chi connectivity index (χ3n) is 5.45. The number of unbranched alkanes of at least 4 members (excludes halogenated alkanes) is 1. The Hall–Kier alpha value is -3.93. The summed E-state index contributed by atoms with van der Waals surface area (Å²) in [5, 5.41) is 16.6. The molecule has 2 amide bonds. The van der Waals surface area contributed by atoms with E-state index in [0.29, 0.717) is 46.3 Å². The minimum Gasteiger partial charge on any atom is -0.495 e. The maximum Gasteiger partial charge on any atom is 0.269 e. The Morgan fingerprint density at radius 1 is 1.00 bits per heavy atom. The van der Waals surface area contributed by atoms with Crippen LogP contribution in [0.5, 0.6) is 5.75 Å². The number of nitro groups is 1. The van der Waals surface area contributed by atoms with E-state index in [9.17, 15) is 19.7 Å². The first kappa shape index (κ1) is 27.7. The van der Waals surface area contributed by atoms with E-state index in [1.165, 1.54) is 31.0 Å². The number of hydrogen-bond donors (Lipinski definition) is 4. The molecule has 0 aliphatic carbocycles. The molecule has 0 aromatic heterocycles. The Morgan fingerprint density at radius 2 is 1.70 bits per heavy atom. The molecular weight excluding hydrogens is 494 g/mol. The van der Waals surface area contributed by atoms with E-state index >= 15 is 0 Å². The summed E-state index contributed by atoms with van der Waals surface area (Å²) in [6.07, 6.45) is 1.93. The van der Waals surface area contributed by atoms with Gasteiger partial charge in [-0.2, -0.15) is 0 Å². The average Bonchev–Trinajstić information content (AvgIpc) is 2.89. The van der Waals surface area contributed by atoms with Gasteiger partial charge in [-0.3, -0.25) is 19.7 Å². The molecule has 1 atom stereocenters. The van der Waals surface area contributed by atoms with E-state index in [2.05, 4.69) is 10.6 Å². The molecule has 10 nitrogen and oxygen atoms in total. The van der Waals surface area contributed by atoms with Crippen LogP contribution in [0.2, 0.25) is 0 Å². The van der Waals surface area contributed by atoms with Crippen molar-refractivity contribution in [2.45, 2.75) is 35.1 Å². The fourth-order valence-corrected chi connectivity index (χ4v) is 4.49. The van der Waals surface area contributed by atoms with Crippen LogP contribution in [0.3, 0.4) is 0 Å². The summed E-state index contributed by atoms with van der Waals surface area (Å²) in [5.41, 5.74) is 12.5. The molecule has 3 rings (SSSR count). The zero-order valence-corrected chi connectivity index (χ0v) is 21.1. The quantitative estimate of drug-likeness (QED) is 0.154. The second kappa shape index (κ2) is 13.4. The highest BCUT2D eigenvalue weighted by atomic mass is 32.2. The number of nitro benzene ring substituents is 1. The predicted molar refractivity (Wildman–Crippen MR) is 144 cm³/mol. The molecule has 3 aromatic carbocycles. The number of rotatable bonds is 12. The standard InChI is InChI=1S/C26H29N5O5S/c1-36-22-10-3-2-8-20(22)29-26(33)24-21(30-25(32)19(28)7-4-5-16-27)9-6-11-23(24)37-18-14-12-17(13-15-18)31(34)35/h2-3,6,8-15,19H,4-5,7,16,27-28H2,1H3,(H,29,33)(H,30,32). The maximum absolute atomic E-state index is 13.6. The molecule has 1 unspecified atom stereocenters. The average molecular weight is 524 g/mol. The number of non-ortho nitro benzene ring substituents is 1. The second-order valence-electron chi connectivity index (χ2n) is 8.07. The first-order valence-electron chi connectivity index (χ1n) is 11.6. The number of methoxy groups -OCH3 is 1. The maximum atomic E-state index is 13.6. The summed E-state index contributed by atoms with van der Waals surface area (Å²) in [6.45, 7) is 0.517. The normalized spacial score (nSPS) is 11.4. The van der Waals surface area contributed by atoms with E-state index in [1.807, 2.05) is 0 Å². The van der Waals surface area contributed by atoms with E-state index in [-0.39, 0.29) is 11.3 Å². The Labute approximate surface area is 218 Å². The number of benzene rings is 3. The Balaban J connectivity index is 1.95. The number of carbonyl (C=O) groups excluding carboxylic acids is 2. The third-order valence-corrected chi connectivity index (χ3v) is 6.52. The fourth-order valence-electron chi connectivity index (χ4n) is 3.52. The van der Waals surface area contributed by atoms with Crippen molar-refractivity contribution in [1.82, 2.24) is 0 Å². The third kappa shape index (κ3) is 7.53. The number of hydrogen-bond acceptors (Lipinski definition) is 8. The molecule has 37 heavy (non-hydrogen) atoms. The molecule has 0 saturated carbocycles. The van der Waals surface area contributed by atoms with Crippen molar-refractivity contribution >= 4 is 40.6 Å². The molecule has 6 N–H and O–H groups in total. The van der Waals surface area contributed by atoms with Crippen LogP contribution >= 0.6 is 11.8 Å². The van der Waals surface area contributed by atoms with Gasteiger partial charge in [-0.05, 0) is 55.8 Å². The molecule has 0 radical (unpaired) electrons. The van der Waals surface area contributed by atoms with Crippen molar-refractivity contribution in [1.29, 1.82) is 0 Å². The number of amides is 2. The summed E-state index contributed by atoms with van der Waals surface area (Å²) in [6, 6.07) is 17.3. The van der Waals surface area contributed by atoms with E-state index < -0.39 is 22.8 Å². The lowest BCUT2D eigenvalue weighted by Crippen LogP contribution is -2.36. The van der Waals surface area contributed by atoms with Crippen molar-refractivity contribution in [3.8, 4) is 5.75 Å². The highest BCUT2D eigenvalue weighted by Gasteiger charge is 2.22. The number of nitrogens with one attached hydrogen (secondary N) is 2. The van der Waals surface area contributed by atoms with Crippen LogP contribution in [0, 0.1) is 10.1 Å². The number of nitrogens with zero attached hydrogens (tertiary/aromatic N) is 1. The Morgan fingerprint density at radius 3 is 2.38 bits per heavy atom. The molecule has 194 valence electrons. The van der Waals surface area contributed by atoms with Gasteiger partial charge in [0.2, 0.25) is 5.91 Å². The van der Waals surface area contributed by atoms with Gasteiger partial charge in [0.25, 0.3) is 11.6 Å². The van der Waals surface area contributed by atoms with Crippen LogP contribution in [-0.4, -0.2) is 36.4 Å². The molecule has 0 heterocycles.